The normalized spacial score (nSPS) is 11.2. The summed E-state index contributed by atoms with van der Waals surface area (Å²) in [5.74, 6) is 0. The molecule has 0 amide bonds. The van der Waals surface area contributed by atoms with Crippen molar-refractivity contribution in [3.05, 3.63) is 84.2 Å². The number of hydrazine groups is 1. The SMILES string of the molecule is c1ccc2nc(CNNCc3ccc4ccccc4n3)ccc2c1. The molecule has 2 N–H and O–H groups in total. The van der Waals surface area contributed by atoms with Crippen LogP contribution in [-0.2, 0) is 13.1 Å². The van der Waals surface area contributed by atoms with E-state index in [4.69, 9.17) is 0 Å². The molecule has 2 heterocycles. The lowest BCUT2D eigenvalue weighted by Gasteiger charge is -2.08. The molecule has 0 aliphatic rings. The summed E-state index contributed by atoms with van der Waals surface area (Å²) in [7, 11) is 0. The highest BCUT2D eigenvalue weighted by Crippen LogP contribution is 2.12. The molecule has 2 aromatic heterocycles. The topological polar surface area (TPSA) is 49.8 Å². The van der Waals surface area contributed by atoms with Gasteiger partial charge in [-0.05, 0) is 24.3 Å². The minimum atomic E-state index is 0.665. The van der Waals surface area contributed by atoms with Gasteiger partial charge in [0.15, 0.2) is 0 Å². The maximum absolute atomic E-state index is 4.64. The molecule has 0 aliphatic heterocycles. The molecule has 4 nitrogen and oxygen atoms in total. The zero-order chi connectivity index (χ0) is 16.2. The summed E-state index contributed by atoms with van der Waals surface area (Å²) < 4.78 is 0. The molecule has 118 valence electrons. The standard InChI is InChI=1S/C20H18N4/c1-3-7-19-15(5-1)9-11-17(23-19)13-21-22-14-18-12-10-16-6-2-4-8-20(16)24-18/h1-12,21-22H,13-14H2. The first kappa shape index (κ1) is 14.8. The van der Waals surface area contributed by atoms with Gasteiger partial charge in [0, 0.05) is 10.8 Å². The Morgan fingerprint density at radius 1 is 0.542 bits per heavy atom. The first-order valence-electron chi connectivity index (χ1n) is 8.03. The highest BCUT2D eigenvalue weighted by atomic mass is 15.3. The van der Waals surface area contributed by atoms with Crippen LogP contribution in [0.15, 0.2) is 72.8 Å². The first-order chi connectivity index (χ1) is 11.9. The van der Waals surface area contributed by atoms with Crippen LogP contribution >= 0.6 is 0 Å². The van der Waals surface area contributed by atoms with Crippen LogP contribution in [0.3, 0.4) is 0 Å². The van der Waals surface area contributed by atoms with E-state index in [1.165, 1.54) is 0 Å². The van der Waals surface area contributed by atoms with E-state index in [0.717, 1.165) is 33.2 Å². The minimum absolute atomic E-state index is 0.665. The molecule has 4 aromatic rings. The van der Waals surface area contributed by atoms with E-state index in [2.05, 4.69) is 45.1 Å². The quantitative estimate of drug-likeness (QED) is 0.437. The highest BCUT2D eigenvalue weighted by Gasteiger charge is 1.99. The summed E-state index contributed by atoms with van der Waals surface area (Å²) in [6.07, 6.45) is 0. The van der Waals surface area contributed by atoms with E-state index < -0.39 is 0 Å². The van der Waals surface area contributed by atoms with Gasteiger partial charge in [0.2, 0.25) is 0 Å². The van der Waals surface area contributed by atoms with E-state index in [9.17, 15) is 0 Å². The maximum atomic E-state index is 4.64. The lowest BCUT2D eigenvalue weighted by Crippen LogP contribution is -2.31. The Morgan fingerprint density at radius 2 is 1.00 bits per heavy atom. The van der Waals surface area contributed by atoms with Crippen LogP contribution in [0.25, 0.3) is 21.8 Å². The number of aromatic nitrogens is 2. The van der Waals surface area contributed by atoms with Gasteiger partial charge in [-0.15, -0.1) is 0 Å². The second-order valence-electron chi connectivity index (χ2n) is 5.70. The number of benzene rings is 2. The molecule has 0 bridgehead atoms. The molecule has 0 fully saturated rings. The average molecular weight is 314 g/mol. The van der Waals surface area contributed by atoms with Crippen molar-refractivity contribution in [1.29, 1.82) is 0 Å². The van der Waals surface area contributed by atoms with Crippen LogP contribution in [-0.4, -0.2) is 9.97 Å². The molecule has 0 radical (unpaired) electrons. The van der Waals surface area contributed by atoms with Gasteiger partial charge < -0.3 is 0 Å². The molecule has 2 aromatic carbocycles. The van der Waals surface area contributed by atoms with Gasteiger partial charge >= 0.3 is 0 Å². The third-order valence-electron chi connectivity index (χ3n) is 3.98. The number of fused-ring (bicyclic) bond motifs is 2. The smallest absolute Gasteiger partial charge is 0.0705 e. The summed E-state index contributed by atoms with van der Waals surface area (Å²) in [5, 5.41) is 2.32. The lowest BCUT2D eigenvalue weighted by molar-refractivity contribution is 0.520. The molecular weight excluding hydrogens is 296 g/mol. The van der Waals surface area contributed by atoms with Crippen molar-refractivity contribution in [2.24, 2.45) is 0 Å². The monoisotopic (exact) mass is 314 g/mol. The average Bonchev–Trinajstić information content (AvgIpc) is 2.65. The van der Waals surface area contributed by atoms with E-state index >= 15 is 0 Å². The van der Waals surface area contributed by atoms with Gasteiger partial charge in [0.25, 0.3) is 0 Å². The fraction of sp³-hybridized carbons (Fsp3) is 0.100. The molecule has 0 saturated carbocycles. The predicted octanol–water partition coefficient (Wildman–Crippen LogP) is 3.58. The van der Waals surface area contributed by atoms with E-state index in [1.54, 1.807) is 0 Å². The summed E-state index contributed by atoms with van der Waals surface area (Å²) in [5.41, 5.74) is 10.5. The van der Waals surface area contributed by atoms with Crippen LogP contribution in [0.4, 0.5) is 0 Å². The maximum Gasteiger partial charge on any atom is 0.0705 e. The van der Waals surface area contributed by atoms with E-state index in [-0.39, 0.29) is 0 Å². The Balaban J connectivity index is 1.36. The molecule has 0 spiro atoms. The van der Waals surface area contributed by atoms with Crippen molar-refractivity contribution in [3.8, 4) is 0 Å². The fourth-order valence-corrected chi connectivity index (χ4v) is 2.72. The molecule has 4 rings (SSSR count). The minimum Gasteiger partial charge on any atom is -0.251 e. The van der Waals surface area contributed by atoms with Gasteiger partial charge in [-0.25, -0.2) is 0 Å². The number of hydrogen-bond acceptors (Lipinski definition) is 4. The van der Waals surface area contributed by atoms with Crippen LogP contribution in [0.2, 0.25) is 0 Å². The number of rotatable bonds is 5. The number of pyridine rings is 2. The second kappa shape index (κ2) is 6.74. The Labute approximate surface area is 140 Å². The van der Waals surface area contributed by atoms with Crippen LogP contribution in [0.5, 0.6) is 0 Å². The number of nitrogens with zero attached hydrogens (tertiary/aromatic N) is 2. The molecule has 0 unspecified atom stereocenters. The van der Waals surface area contributed by atoms with Crippen LogP contribution in [0, 0.1) is 0 Å². The Hall–Kier alpha value is -2.82. The molecule has 4 heteroatoms. The van der Waals surface area contributed by atoms with Crippen molar-refractivity contribution in [2.75, 3.05) is 0 Å². The van der Waals surface area contributed by atoms with Crippen LogP contribution in [0.1, 0.15) is 11.4 Å². The lowest BCUT2D eigenvalue weighted by atomic mass is 10.2. The van der Waals surface area contributed by atoms with Crippen molar-refractivity contribution < 1.29 is 0 Å². The Kier molecular flexibility index (Phi) is 4.14. The van der Waals surface area contributed by atoms with Gasteiger partial charge in [-0.3, -0.25) is 20.8 Å². The fourth-order valence-electron chi connectivity index (χ4n) is 2.72. The molecular formula is C20H18N4. The largest absolute Gasteiger partial charge is 0.251 e. The number of para-hydroxylation sites is 2. The van der Waals surface area contributed by atoms with Crippen molar-refractivity contribution in [3.63, 3.8) is 0 Å². The number of nitrogens with one attached hydrogen (secondary N) is 2. The van der Waals surface area contributed by atoms with Crippen LogP contribution < -0.4 is 10.9 Å². The Morgan fingerprint density at radius 3 is 1.50 bits per heavy atom. The third-order valence-corrected chi connectivity index (χ3v) is 3.98. The van der Waals surface area contributed by atoms with Crippen molar-refractivity contribution in [2.45, 2.75) is 13.1 Å². The van der Waals surface area contributed by atoms with E-state index in [0.29, 0.717) is 13.1 Å². The summed E-state index contributed by atoms with van der Waals surface area (Å²) in [6, 6.07) is 24.6. The summed E-state index contributed by atoms with van der Waals surface area (Å²) in [4.78, 5) is 9.29. The zero-order valence-electron chi connectivity index (χ0n) is 13.2. The Bertz CT molecular complexity index is 900. The molecule has 0 aliphatic carbocycles. The van der Waals surface area contributed by atoms with Gasteiger partial charge in [-0.2, -0.15) is 0 Å². The molecule has 24 heavy (non-hydrogen) atoms. The zero-order valence-corrected chi connectivity index (χ0v) is 13.2. The summed E-state index contributed by atoms with van der Waals surface area (Å²) >= 11 is 0. The van der Waals surface area contributed by atoms with Gasteiger partial charge in [0.05, 0.1) is 35.5 Å². The number of hydrogen-bond donors (Lipinski definition) is 2. The van der Waals surface area contributed by atoms with Gasteiger partial charge in [0.1, 0.15) is 0 Å². The third kappa shape index (κ3) is 3.25. The highest BCUT2D eigenvalue weighted by molar-refractivity contribution is 5.79. The van der Waals surface area contributed by atoms with Crippen molar-refractivity contribution >= 4 is 21.8 Å². The second-order valence-corrected chi connectivity index (χ2v) is 5.70. The van der Waals surface area contributed by atoms with Crippen molar-refractivity contribution in [1.82, 2.24) is 20.8 Å². The molecule has 0 saturated heterocycles. The van der Waals surface area contributed by atoms with Gasteiger partial charge in [-0.1, -0.05) is 48.5 Å². The molecule has 0 atom stereocenters. The summed E-state index contributed by atoms with van der Waals surface area (Å²) in [6.45, 7) is 1.33. The van der Waals surface area contributed by atoms with E-state index in [1.807, 2.05) is 48.5 Å². The predicted molar refractivity (Wildman–Crippen MR) is 97.2 cm³/mol. The first-order valence-corrected chi connectivity index (χ1v) is 8.03.